The number of furan rings is 1. The lowest BCUT2D eigenvalue weighted by Gasteiger charge is -2.29. The molecule has 1 amide bonds. The predicted molar refractivity (Wildman–Crippen MR) is 132 cm³/mol. The van der Waals surface area contributed by atoms with Crippen LogP contribution in [0.5, 0.6) is 5.75 Å². The van der Waals surface area contributed by atoms with E-state index in [0.717, 1.165) is 29.8 Å². The van der Waals surface area contributed by atoms with Crippen LogP contribution in [0.2, 0.25) is 0 Å². The largest absolute Gasteiger partial charge is 0.495 e. The molecule has 5 rings (SSSR count). The Hall–Kier alpha value is -3.91. The van der Waals surface area contributed by atoms with Crippen molar-refractivity contribution in [1.82, 2.24) is 9.97 Å². The number of aromatic nitrogens is 2. The summed E-state index contributed by atoms with van der Waals surface area (Å²) < 4.78 is 11.8. The molecular formula is C26H27N5O3. The molecular weight excluding hydrogens is 430 g/mol. The Morgan fingerprint density at radius 2 is 1.91 bits per heavy atom. The van der Waals surface area contributed by atoms with Crippen molar-refractivity contribution in [2.75, 3.05) is 12.4 Å². The molecule has 4 aromatic rings. The highest BCUT2D eigenvalue weighted by atomic mass is 16.5. The Morgan fingerprint density at radius 1 is 1.09 bits per heavy atom. The molecule has 5 N–H and O–H groups in total. The van der Waals surface area contributed by atoms with Crippen LogP contribution < -0.4 is 21.5 Å². The molecule has 3 aromatic heterocycles. The first kappa shape index (κ1) is 21.9. The van der Waals surface area contributed by atoms with Crippen LogP contribution in [0.15, 0.2) is 59.3 Å². The molecule has 1 fully saturated rings. The molecule has 1 aliphatic carbocycles. The summed E-state index contributed by atoms with van der Waals surface area (Å²) in [6, 6.07) is 13.2. The number of pyridine rings is 2. The molecule has 8 nitrogen and oxygen atoms in total. The minimum Gasteiger partial charge on any atom is -0.495 e. The Labute approximate surface area is 197 Å². The van der Waals surface area contributed by atoms with Gasteiger partial charge in [0.05, 0.1) is 18.2 Å². The van der Waals surface area contributed by atoms with Crippen molar-refractivity contribution < 1.29 is 13.9 Å². The Bertz CT molecular complexity index is 1350. The Kier molecular flexibility index (Phi) is 5.90. The van der Waals surface area contributed by atoms with Gasteiger partial charge in [-0.25, -0.2) is 4.98 Å². The second-order valence-corrected chi connectivity index (χ2v) is 8.56. The maximum absolute atomic E-state index is 11.9. The zero-order chi connectivity index (χ0) is 23.7. The predicted octanol–water partition coefficient (Wildman–Crippen LogP) is 4.35. The molecule has 8 heteroatoms. The van der Waals surface area contributed by atoms with Gasteiger partial charge in [-0.1, -0.05) is 18.9 Å². The number of nitrogens with two attached hydrogens (primary N) is 2. The van der Waals surface area contributed by atoms with E-state index in [0.29, 0.717) is 33.7 Å². The van der Waals surface area contributed by atoms with Gasteiger partial charge in [-0.2, -0.15) is 0 Å². The molecule has 3 heterocycles. The minimum absolute atomic E-state index is 0.130. The number of anilines is 1. The van der Waals surface area contributed by atoms with Gasteiger partial charge >= 0.3 is 0 Å². The molecule has 1 aliphatic rings. The van der Waals surface area contributed by atoms with E-state index in [4.69, 9.17) is 20.6 Å². The lowest BCUT2D eigenvalue weighted by molar-refractivity contribution is 0.0997. The Morgan fingerprint density at radius 3 is 2.71 bits per heavy atom. The summed E-state index contributed by atoms with van der Waals surface area (Å²) in [6.45, 7) is 0. The standard InChI is InChI=1S/C26H27N5O3/c1-33-24-17(5-4-6-18(24)26(28)32)22-14-21-25(34-22)16(10-12-29-21)15-9-11-30-23(13-15)31-20-8-3-2-7-19(20)27/h4-6,9-14,19-20H,2-3,7-8,27H2,1H3,(H2,28,32)(H,30,31)/t19-,20+/m0/s1. The lowest BCUT2D eigenvalue weighted by atomic mass is 9.91. The van der Waals surface area contributed by atoms with Gasteiger partial charge in [0.15, 0.2) is 5.58 Å². The van der Waals surface area contributed by atoms with E-state index in [1.165, 1.54) is 20.0 Å². The van der Waals surface area contributed by atoms with E-state index in [1.54, 1.807) is 24.5 Å². The molecule has 0 spiro atoms. The number of nitrogens with zero attached hydrogens (tertiary/aromatic N) is 2. The van der Waals surface area contributed by atoms with Crippen LogP contribution in [0.4, 0.5) is 5.82 Å². The molecule has 0 bridgehead atoms. The average molecular weight is 458 g/mol. The molecule has 0 radical (unpaired) electrons. The highest BCUT2D eigenvalue weighted by Crippen LogP contribution is 2.38. The number of ether oxygens (including phenoxy) is 1. The number of carbonyl (C=O) groups is 1. The average Bonchev–Trinajstić information content (AvgIpc) is 3.29. The number of rotatable bonds is 6. The fourth-order valence-electron chi connectivity index (χ4n) is 4.65. The topological polar surface area (TPSA) is 129 Å². The van der Waals surface area contributed by atoms with E-state index in [-0.39, 0.29) is 12.1 Å². The second kappa shape index (κ2) is 9.15. The quantitative estimate of drug-likeness (QED) is 0.392. The van der Waals surface area contributed by atoms with Crippen LogP contribution in [-0.2, 0) is 0 Å². The van der Waals surface area contributed by atoms with Gasteiger partial charge in [-0.3, -0.25) is 9.78 Å². The van der Waals surface area contributed by atoms with Crippen LogP contribution in [0.1, 0.15) is 36.0 Å². The summed E-state index contributed by atoms with van der Waals surface area (Å²) in [5, 5.41) is 3.51. The fourth-order valence-corrected chi connectivity index (χ4v) is 4.65. The second-order valence-electron chi connectivity index (χ2n) is 8.56. The maximum Gasteiger partial charge on any atom is 0.252 e. The number of fused-ring (bicyclic) bond motifs is 1. The number of hydrogen-bond donors (Lipinski definition) is 3. The summed E-state index contributed by atoms with van der Waals surface area (Å²) in [6.07, 6.45) is 7.94. The van der Waals surface area contributed by atoms with E-state index in [2.05, 4.69) is 15.3 Å². The first-order valence-corrected chi connectivity index (χ1v) is 11.4. The monoisotopic (exact) mass is 457 g/mol. The third-order valence-corrected chi connectivity index (χ3v) is 6.39. The molecule has 34 heavy (non-hydrogen) atoms. The summed E-state index contributed by atoms with van der Waals surface area (Å²) in [7, 11) is 1.50. The zero-order valence-corrected chi connectivity index (χ0v) is 19.0. The van der Waals surface area contributed by atoms with E-state index >= 15 is 0 Å². The van der Waals surface area contributed by atoms with Gasteiger partial charge in [0.2, 0.25) is 0 Å². The number of benzene rings is 1. The van der Waals surface area contributed by atoms with Gasteiger partial charge in [0, 0.05) is 36.1 Å². The van der Waals surface area contributed by atoms with Crippen molar-refractivity contribution in [1.29, 1.82) is 0 Å². The molecule has 0 aliphatic heterocycles. The first-order valence-electron chi connectivity index (χ1n) is 11.4. The van der Waals surface area contributed by atoms with Gasteiger partial charge in [-0.05, 0) is 48.7 Å². The van der Waals surface area contributed by atoms with Gasteiger partial charge in [0.1, 0.15) is 22.8 Å². The van der Waals surface area contributed by atoms with Crippen molar-refractivity contribution in [2.24, 2.45) is 11.5 Å². The maximum atomic E-state index is 11.9. The van der Waals surface area contributed by atoms with Crippen LogP contribution in [0.25, 0.3) is 33.6 Å². The summed E-state index contributed by atoms with van der Waals surface area (Å²) >= 11 is 0. The van der Waals surface area contributed by atoms with Crippen LogP contribution in [0.3, 0.4) is 0 Å². The van der Waals surface area contributed by atoms with E-state index < -0.39 is 5.91 Å². The van der Waals surface area contributed by atoms with Crippen LogP contribution in [0, 0.1) is 0 Å². The normalized spacial score (nSPS) is 18.1. The minimum atomic E-state index is -0.567. The van der Waals surface area contributed by atoms with Gasteiger partial charge in [0.25, 0.3) is 5.91 Å². The molecule has 174 valence electrons. The number of hydrogen-bond acceptors (Lipinski definition) is 7. The van der Waals surface area contributed by atoms with E-state index in [9.17, 15) is 4.79 Å². The molecule has 0 saturated heterocycles. The summed E-state index contributed by atoms with van der Waals surface area (Å²) in [4.78, 5) is 20.8. The van der Waals surface area contributed by atoms with E-state index in [1.807, 2.05) is 30.3 Å². The highest BCUT2D eigenvalue weighted by Gasteiger charge is 2.22. The van der Waals surface area contributed by atoms with Crippen molar-refractivity contribution in [2.45, 2.75) is 37.8 Å². The number of carbonyl (C=O) groups excluding carboxylic acids is 1. The van der Waals surface area contributed by atoms with Crippen LogP contribution in [-0.4, -0.2) is 35.1 Å². The fraction of sp³-hybridized carbons (Fsp3) is 0.269. The smallest absolute Gasteiger partial charge is 0.252 e. The third-order valence-electron chi connectivity index (χ3n) is 6.39. The number of para-hydroxylation sites is 1. The molecule has 1 saturated carbocycles. The Balaban J connectivity index is 1.53. The highest BCUT2D eigenvalue weighted by molar-refractivity contribution is 5.99. The van der Waals surface area contributed by atoms with Crippen molar-refractivity contribution in [3.05, 3.63) is 60.4 Å². The van der Waals surface area contributed by atoms with Crippen molar-refractivity contribution in [3.8, 4) is 28.2 Å². The summed E-state index contributed by atoms with van der Waals surface area (Å²) in [5.41, 5.74) is 15.9. The van der Waals surface area contributed by atoms with Gasteiger partial charge in [-0.15, -0.1) is 0 Å². The molecule has 2 atom stereocenters. The third kappa shape index (κ3) is 4.08. The zero-order valence-electron chi connectivity index (χ0n) is 19.0. The number of nitrogens with one attached hydrogen (secondary N) is 1. The van der Waals surface area contributed by atoms with Crippen LogP contribution >= 0.6 is 0 Å². The van der Waals surface area contributed by atoms with Gasteiger partial charge < -0.3 is 25.9 Å². The lowest BCUT2D eigenvalue weighted by Crippen LogP contribution is -2.42. The molecule has 1 aromatic carbocycles. The first-order chi connectivity index (χ1) is 16.5. The number of primary amides is 1. The van der Waals surface area contributed by atoms with Crippen molar-refractivity contribution >= 4 is 22.8 Å². The van der Waals surface area contributed by atoms with Crippen molar-refractivity contribution in [3.63, 3.8) is 0 Å². The summed E-state index contributed by atoms with van der Waals surface area (Å²) in [5.74, 6) is 1.13. The number of amides is 1. The number of methoxy groups -OCH3 is 1. The molecule has 0 unspecified atom stereocenters. The SMILES string of the molecule is COc1c(C(N)=O)cccc1-c1cc2nccc(-c3ccnc(N[C@@H]4CCCC[C@@H]4N)c3)c2o1.